The van der Waals surface area contributed by atoms with Crippen molar-refractivity contribution < 1.29 is 33.7 Å². The summed E-state index contributed by atoms with van der Waals surface area (Å²) < 4.78 is 18.1. The molecule has 3 amide bonds. The second-order valence-electron chi connectivity index (χ2n) is 9.79. The minimum absolute atomic E-state index is 0.108. The van der Waals surface area contributed by atoms with Crippen LogP contribution in [-0.2, 0) is 29.4 Å². The Morgan fingerprint density at radius 2 is 1.80 bits per heavy atom. The number of rotatable bonds is 1. The van der Waals surface area contributed by atoms with E-state index in [0.717, 1.165) is 5.56 Å². The number of urea groups is 1. The molecule has 2 aromatic rings. The number of imide groups is 1. The van der Waals surface area contributed by atoms with E-state index in [0.29, 0.717) is 11.1 Å². The highest BCUT2D eigenvalue weighted by Gasteiger charge is 2.74. The van der Waals surface area contributed by atoms with Crippen LogP contribution in [0.1, 0.15) is 42.9 Å². The molecule has 4 aliphatic heterocycles. The lowest BCUT2D eigenvalue weighted by atomic mass is 9.65. The normalized spacial score (nSPS) is 38.2. The number of benzene rings is 2. The molecule has 0 saturated carbocycles. The molecule has 0 aromatic heterocycles. The summed E-state index contributed by atoms with van der Waals surface area (Å²) in [5.41, 5.74) is -0.394. The Bertz CT molecular complexity index is 1220. The third-order valence-electron chi connectivity index (χ3n) is 7.74. The highest BCUT2D eigenvalue weighted by atomic mass is 16.6. The van der Waals surface area contributed by atoms with Crippen LogP contribution in [0.4, 0.5) is 4.79 Å². The van der Waals surface area contributed by atoms with Gasteiger partial charge in [0, 0.05) is 6.42 Å². The first-order valence-electron chi connectivity index (χ1n) is 11.8. The van der Waals surface area contributed by atoms with Crippen molar-refractivity contribution in [1.82, 2.24) is 10.2 Å². The highest BCUT2D eigenvalue weighted by molar-refractivity contribution is 6.03. The fourth-order valence-corrected chi connectivity index (χ4v) is 5.89. The quantitative estimate of drug-likeness (QED) is 0.601. The van der Waals surface area contributed by atoms with Gasteiger partial charge in [0.05, 0.1) is 12.0 Å². The Labute approximate surface area is 202 Å². The van der Waals surface area contributed by atoms with Gasteiger partial charge in [0.25, 0.3) is 5.91 Å². The van der Waals surface area contributed by atoms with Crippen molar-refractivity contribution in [2.45, 2.75) is 61.9 Å². The van der Waals surface area contributed by atoms with Gasteiger partial charge in [-0.05, 0) is 30.5 Å². The number of carbonyl (C=O) groups is 3. The lowest BCUT2D eigenvalue weighted by molar-refractivity contribution is -0.306. The summed E-state index contributed by atoms with van der Waals surface area (Å²) in [6.45, 7) is 3.27. The summed E-state index contributed by atoms with van der Waals surface area (Å²) >= 11 is 0. The highest BCUT2D eigenvalue weighted by Crippen LogP contribution is 2.57. The predicted octanol–water partition coefficient (Wildman–Crippen LogP) is 1.78. The second kappa shape index (κ2) is 7.61. The van der Waals surface area contributed by atoms with Crippen LogP contribution in [-0.4, -0.2) is 64.6 Å². The average Bonchev–Trinajstić information content (AvgIpc) is 3.22. The Kier molecular flexibility index (Phi) is 4.83. The molecule has 0 aliphatic carbocycles. The average molecular weight is 479 g/mol. The van der Waals surface area contributed by atoms with Crippen LogP contribution in [0.2, 0.25) is 0 Å². The van der Waals surface area contributed by atoms with Gasteiger partial charge in [-0.15, -0.1) is 0 Å². The van der Waals surface area contributed by atoms with E-state index in [1.54, 1.807) is 13.8 Å². The van der Waals surface area contributed by atoms with Crippen LogP contribution in [0.5, 0.6) is 0 Å². The molecule has 0 unspecified atom stereocenters. The van der Waals surface area contributed by atoms with E-state index in [1.807, 2.05) is 54.6 Å². The third kappa shape index (κ3) is 3.01. The number of esters is 1. The Morgan fingerprint density at radius 1 is 1.06 bits per heavy atom. The van der Waals surface area contributed by atoms with Crippen LogP contribution in [0, 0.1) is 0 Å². The number of nitrogens with one attached hydrogen (secondary N) is 1. The number of nitrogens with zero attached hydrogens (tertiary/aromatic N) is 1. The number of cyclic esters (lactones) is 1. The molecular formula is C26H26N2O7. The van der Waals surface area contributed by atoms with E-state index in [-0.39, 0.29) is 13.0 Å². The topological polar surface area (TPSA) is 114 Å². The second-order valence-corrected chi connectivity index (χ2v) is 9.79. The van der Waals surface area contributed by atoms with Crippen LogP contribution in [0.15, 0.2) is 54.6 Å². The van der Waals surface area contributed by atoms with Crippen molar-refractivity contribution in [2.75, 3.05) is 6.61 Å². The molecule has 9 nitrogen and oxygen atoms in total. The maximum atomic E-state index is 13.3. The number of aliphatic hydroxyl groups excluding tert-OH is 1. The van der Waals surface area contributed by atoms with Gasteiger partial charge < -0.3 is 19.3 Å². The number of amides is 3. The van der Waals surface area contributed by atoms with Crippen molar-refractivity contribution in [3.8, 4) is 0 Å². The molecule has 182 valence electrons. The molecule has 35 heavy (non-hydrogen) atoms. The predicted molar refractivity (Wildman–Crippen MR) is 121 cm³/mol. The Balaban J connectivity index is 1.61. The van der Waals surface area contributed by atoms with Gasteiger partial charge in [0.2, 0.25) is 0 Å². The smallest absolute Gasteiger partial charge is 0.326 e. The number of ether oxygens (including phenoxy) is 3. The standard InChI is InChI=1S/C26H26N2O7/c1-14-15-7-6-10-17(11-15)26(16-8-4-3-5-9-16)22-25(2,35-26)23(31)27-24(32)28(22)20-12-18(29)19(34-20)13-33-21(14)30/h3-11,14,18-20,22,29H,12-13H2,1-2H3,(H,27,31,32)/t14-,18-,19+,20+,22-,25-,26+/m0/s1. The van der Waals surface area contributed by atoms with Crippen molar-refractivity contribution in [2.24, 2.45) is 0 Å². The van der Waals surface area contributed by atoms with Crippen LogP contribution in [0.3, 0.4) is 0 Å². The summed E-state index contributed by atoms with van der Waals surface area (Å²) in [6.07, 6.45) is -2.49. The molecule has 9 heteroatoms. The monoisotopic (exact) mass is 478 g/mol. The van der Waals surface area contributed by atoms with Gasteiger partial charge in [0.15, 0.2) is 5.60 Å². The lowest BCUT2D eigenvalue weighted by Crippen LogP contribution is -2.85. The molecule has 7 atom stereocenters. The maximum absolute atomic E-state index is 13.3. The zero-order valence-electron chi connectivity index (χ0n) is 19.3. The summed E-state index contributed by atoms with van der Waals surface area (Å²) in [5.74, 6) is -1.56. The molecule has 4 heterocycles. The van der Waals surface area contributed by atoms with Gasteiger partial charge >= 0.3 is 12.0 Å². The molecule has 4 bridgehead atoms. The molecule has 3 fully saturated rings. The zero-order chi connectivity index (χ0) is 24.5. The molecule has 2 N–H and O–H groups in total. The molecule has 3 saturated heterocycles. The summed E-state index contributed by atoms with van der Waals surface area (Å²) in [4.78, 5) is 40.7. The van der Waals surface area contributed by atoms with Crippen molar-refractivity contribution in [3.63, 3.8) is 0 Å². The van der Waals surface area contributed by atoms with Crippen LogP contribution in [0.25, 0.3) is 0 Å². The van der Waals surface area contributed by atoms with E-state index in [2.05, 4.69) is 5.32 Å². The molecule has 4 aliphatic rings. The van der Waals surface area contributed by atoms with Gasteiger partial charge in [0.1, 0.15) is 30.6 Å². The maximum Gasteiger partial charge on any atom is 0.326 e. The van der Waals surface area contributed by atoms with Crippen molar-refractivity contribution in [3.05, 3.63) is 71.3 Å². The van der Waals surface area contributed by atoms with E-state index in [4.69, 9.17) is 14.2 Å². The van der Waals surface area contributed by atoms with Crippen LogP contribution >= 0.6 is 0 Å². The minimum Gasteiger partial charge on any atom is -0.462 e. The molecule has 2 aromatic carbocycles. The molecule has 6 rings (SSSR count). The molecule has 0 radical (unpaired) electrons. The Morgan fingerprint density at radius 3 is 2.57 bits per heavy atom. The number of hydrogen-bond donors (Lipinski definition) is 2. The van der Waals surface area contributed by atoms with Gasteiger partial charge in [-0.3, -0.25) is 19.8 Å². The summed E-state index contributed by atoms with van der Waals surface area (Å²) in [7, 11) is 0. The minimum atomic E-state index is -1.36. The molecular weight excluding hydrogens is 452 g/mol. The number of fused-ring (bicyclic) bond motifs is 6. The van der Waals surface area contributed by atoms with Gasteiger partial charge in [-0.2, -0.15) is 0 Å². The van der Waals surface area contributed by atoms with E-state index >= 15 is 0 Å². The first-order chi connectivity index (χ1) is 16.8. The number of hydrogen-bond acceptors (Lipinski definition) is 7. The summed E-state index contributed by atoms with van der Waals surface area (Å²) in [5, 5.41) is 13.1. The zero-order valence-corrected chi connectivity index (χ0v) is 19.3. The fourth-order valence-electron chi connectivity index (χ4n) is 5.89. The SMILES string of the molecule is C[C@@H]1C(=O)OC[C@H]2O[C@H](C[C@@H]2O)N2C(=O)NC(=O)[C@@]3(C)O[C@](c4ccccc4)(c4cccc1c4)[C@@H]23. The van der Waals surface area contributed by atoms with E-state index in [1.165, 1.54) is 4.90 Å². The number of aliphatic hydroxyl groups is 1. The Hall–Kier alpha value is -3.27. The van der Waals surface area contributed by atoms with Crippen molar-refractivity contribution in [1.29, 1.82) is 0 Å². The van der Waals surface area contributed by atoms with E-state index < -0.39 is 59.5 Å². The van der Waals surface area contributed by atoms with E-state index in [9.17, 15) is 19.5 Å². The lowest BCUT2D eigenvalue weighted by Gasteiger charge is -2.65. The largest absolute Gasteiger partial charge is 0.462 e. The number of carbonyl (C=O) groups excluding carboxylic acids is 3. The van der Waals surface area contributed by atoms with Crippen LogP contribution < -0.4 is 5.32 Å². The van der Waals surface area contributed by atoms with Crippen molar-refractivity contribution >= 4 is 17.9 Å². The van der Waals surface area contributed by atoms with Gasteiger partial charge in [-0.1, -0.05) is 54.6 Å². The first-order valence-corrected chi connectivity index (χ1v) is 11.8. The third-order valence-corrected chi connectivity index (χ3v) is 7.74. The molecule has 0 spiro atoms. The van der Waals surface area contributed by atoms with Gasteiger partial charge in [-0.25, -0.2) is 4.79 Å². The first kappa shape index (κ1) is 22.2. The fraction of sp³-hybridized carbons (Fsp3) is 0.423. The summed E-state index contributed by atoms with van der Waals surface area (Å²) in [6, 6.07) is 15.4.